The number of nitrogens with one attached hydrogen (secondary N) is 1. The van der Waals surface area contributed by atoms with Crippen molar-refractivity contribution in [3.05, 3.63) is 73.8 Å². The molecule has 0 fully saturated rings. The summed E-state index contributed by atoms with van der Waals surface area (Å²) in [7, 11) is 0. The zero-order valence-electron chi connectivity index (χ0n) is 19.9. The summed E-state index contributed by atoms with van der Waals surface area (Å²) in [6, 6.07) is 12.0. The van der Waals surface area contributed by atoms with Crippen LogP contribution in [-0.4, -0.2) is 39.1 Å². The molecular formula is C26H23ClN4O4S2. The third kappa shape index (κ3) is 5.22. The molecule has 0 aliphatic heterocycles. The van der Waals surface area contributed by atoms with Crippen LogP contribution in [-0.2, 0) is 17.6 Å². The van der Waals surface area contributed by atoms with Crippen molar-refractivity contribution in [1.29, 1.82) is 0 Å². The van der Waals surface area contributed by atoms with Crippen molar-refractivity contribution in [3.8, 4) is 17.2 Å². The van der Waals surface area contributed by atoms with Crippen LogP contribution in [0.25, 0.3) is 15.9 Å². The minimum atomic E-state index is -0.382. The predicted octanol–water partition coefficient (Wildman–Crippen LogP) is 4.94. The minimum absolute atomic E-state index is 0.0149. The molecule has 1 aliphatic carbocycles. The van der Waals surface area contributed by atoms with Crippen LogP contribution in [0.5, 0.6) is 11.5 Å². The number of hydrazone groups is 1. The van der Waals surface area contributed by atoms with E-state index in [0.29, 0.717) is 44.0 Å². The molecular weight excluding hydrogens is 532 g/mol. The first-order valence-electron chi connectivity index (χ1n) is 11.7. The number of rotatable bonds is 8. The lowest BCUT2D eigenvalue weighted by molar-refractivity contribution is -0.118. The molecule has 2 heterocycles. The molecule has 2 N–H and O–H groups in total. The Hall–Kier alpha value is -3.34. The van der Waals surface area contributed by atoms with Gasteiger partial charge in [0.25, 0.3) is 11.5 Å². The second-order valence-corrected chi connectivity index (χ2v) is 10.7. The van der Waals surface area contributed by atoms with E-state index < -0.39 is 0 Å². The number of aryl methyl sites for hydroxylation is 2. The molecule has 1 amide bonds. The number of aromatic nitrogens is 2. The standard InChI is InChI=1S/C26H23ClN4O4S2/c1-2-35-19-7-3-5-15(23(19)33)13-28-30-21(32)14-36-26-29-24-22(18-6-4-8-20(18)37-24)25(34)31(26)17-11-9-16(27)10-12-17/h3,5,7,9-13,33H,2,4,6,8,14H2,1H3,(H,30,32)/b28-13+. The van der Waals surface area contributed by atoms with Crippen molar-refractivity contribution in [2.24, 2.45) is 5.10 Å². The van der Waals surface area contributed by atoms with Gasteiger partial charge >= 0.3 is 0 Å². The number of hydrogen-bond acceptors (Lipinski definition) is 8. The fourth-order valence-corrected chi connectivity index (χ4v) is 6.42. The quantitative estimate of drug-likeness (QED) is 0.138. The highest BCUT2D eigenvalue weighted by Gasteiger charge is 2.24. The molecule has 37 heavy (non-hydrogen) atoms. The second kappa shape index (κ2) is 11.0. The first-order valence-corrected chi connectivity index (χ1v) is 13.9. The summed E-state index contributed by atoms with van der Waals surface area (Å²) in [5, 5.41) is 15.9. The van der Waals surface area contributed by atoms with E-state index in [4.69, 9.17) is 21.3 Å². The Morgan fingerprint density at radius 2 is 2.11 bits per heavy atom. The number of ether oxygens (including phenoxy) is 1. The maximum atomic E-state index is 13.7. The summed E-state index contributed by atoms with van der Waals surface area (Å²) < 4.78 is 6.91. The van der Waals surface area contributed by atoms with E-state index in [1.165, 1.54) is 11.1 Å². The molecule has 11 heteroatoms. The minimum Gasteiger partial charge on any atom is -0.504 e. The first kappa shape index (κ1) is 25.3. The van der Waals surface area contributed by atoms with Gasteiger partial charge in [-0.1, -0.05) is 29.4 Å². The van der Waals surface area contributed by atoms with E-state index in [0.717, 1.165) is 36.6 Å². The van der Waals surface area contributed by atoms with E-state index >= 15 is 0 Å². The van der Waals surface area contributed by atoms with Crippen LogP contribution in [0.1, 0.15) is 29.3 Å². The first-order chi connectivity index (χ1) is 18.0. The summed E-state index contributed by atoms with van der Waals surface area (Å²) in [5.74, 6) is -0.107. The van der Waals surface area contributed by atoms with E-state index in [-0.39, 0.29) is 23.0 Å². The van der Waals surface area contributed by atoms with Gasteiger partial charge in [-0.05, 0) is 68.1 Å². The lowest BCUT2D eigenvalue weighted by Crippen LogP contribution is -2.24. The van der Waals surface area contributed by atoms with Crippen LogP contribution in [0.4, 0.5) is 0 Å². The third-order valence-corrected chi connectivity index (χ3v) is 8.22. The van der Waals surface area contributed by atoms with Crippen LogP contribution in [0.15, 0.2) is 57.5 Å². The number of phenolic OH excluding ortho intramolecular Hbond substituents is 1. The van der Waals surface area contributed by atoms with Crippen molar-refractivity contribution >= 4 is 57.0 Å². The molecule has 0 saturated carbocycles. The number of halogens is 1. The zero-order chi connectivity index (χ0) is 25.9. The predicted molar refractivity (Wildman–Crippen MR) is 148 cm³/mol. The highest BCUT2D eigenvalue weighted by atomic mass is 35.5. The molecule has 0 unspecified atom stereocenters. The molecule has 1 aliphatic rings. The highest BCUT2D eigenvalue weighted by Crippen LogP contribution is 2.36. The van der Waals surface area contributed by atoms with Gasteiger partial charge in [0.05, 0.1) is 29.6 Å². The van der Waals surface area contributed by atoms with Crippen molar-refractivity contribution < 1.29 is 14.6 Å². The normalized spacial score (nSPS) is 12.8. The van der Waals surface area contributed by atoms with Gasteiger partial charge in [0.15, 0.2) is 16.7 Å². The molecule has 8 nitrogen and oxygen atoms in total. The van der Waals surface area contributed by atoms with Gasteiger partial charge < -0.3 is 9.84 Å². The molecule has 2 aromatic carbocycles. The SMILES string of the molecule is CCOc1cccc(/C=N/NC(=O)CSc2nc3sc4c(c3c(=O)n2-c2ccc(Cl)cc2)CCC4)c1O. The van der Waals surface area contributed by atoms with Crippen molar-refractivity contribution in [1.82, 2.24) is 15.0 Å². The van der Waals surface area contributed by atoms with Gasteiger partial charge in [0.1, 0.15) is 4.83 Å². The number of carbonyl (C=O) groups is 1. The van der Waals surface area contributed by atoms with Crippen LogP contribution >= 0.6 is 34.7 Å². The Balaban J connectivity index is 1.37. The summed E-state index contributed by atoms with van der Waals surface area (Å²) in [6.07, 6.45) is 4.23. The second-order valence-electron chi connectivity index (χ2n) is 8.26. The number of aromatic hydroxyl groups is 1. The maximum Gasteiger partial charge on any atom is 0.267 e. The molecule has 0 spiro atoms. The van der Waals surface area contributed by atoms with E-state index in [1.54, 1.807) is 58.4 Å². The summed E-state index contributed by atoms with van der Waals surface area (Å²) in [6.45, 7) is 2.24. The topological polar surface area (TPSA) is 106 Å². The highest BCUT2D eigenvalue weighted by molar-refractivity contribution is 7.99. The summed E-state index contributed by atoms with van der Waals surface area (Å²) >= 11 is 8.78. The number of carbonyl (C=O) groups excluding carboxylic acids is 1. The number of hydrogen-bond donors (Lipinski definition) is 2. The lowest BCUT2D eigenvalue weighted by atomic mass is 10.2. The number of phenols is 1. The Kier molecular flexibility index (Phi) is 7.50. The maximum absolute atomic E-state index is 13.7. The number of para-hydroxylation sites is 1. The van der Waals surface area contributed by atoms with Crippen LogP contribution in [0, 0.1) is 0 Å². The average molecular weight is 555 g/mol. The zero-order valence-corrected chi connectivity index (χ0v) is 22.3. The van der Waals surface area contributed by atoms with E-state index in [1.807, 2.05) is 6.92 Å². The Morgan fingerprint density at radius 3 is 2.89 bits per heavy atom. The lowest BCUT2D eigenvalue weighted by Gasteiger charge is -2.12. The third-order valence-electron chi connectivity index (χ3n) is 5.85. The van der Waals surface area contributed by atoms with E-state index in [9.17, 15) is 14.7 Å². The molecule has 0 atom stereocenters. The van der Waals surface area contributed by atoms with Gasteiger partial charge in [0.2, 0.25) is 0 Å². The number of thiophene rings is 1. The Bertz CT molecular complexity index is 1560. The Morgan fingerprint density at radius 1 is 1.30 bits per heavy atom. The average Bonchev–Trinajstić information content (AvgIpc) is 3.47. The molecule has 0 radical (unpaired) electrons. The number of amides is 1. The van der Waals surface area contributed by atoms with Crippen LogP contribution in [0.2, 0.25) is 5.02 Å². The fourth-order valence-electron chi connectivity index (χ4n) is 4.19. The molecule has 0 bridgehead atoms. The Labute approximate surface area is 226 Å². The number of thioether (sulfide) groups is 1. The molecule has 190 valence electrons. The number of nitrogens with zero attached hydrogens (tertiary/aromatic N) is 3. The van der Waals surface area contributed by atoms with Crippen LogP contribution < -0.4 is 15.7 Å². The van der Waals surface area contributed by atoms with Gasteiger partial charge in [0, 0.05) is 15.5 Å². The number of fused-ring (bicyclic) bond motifs is 3. The summed E-state index contributed by atoms with van der Waals surface area (Å²) in [5.41, 5.74) is 4.46. The molecule has 2 aromatic heterocycles. The molecule has 5 rings (SSSR count). The van der Waals surface area contributed by atoms with Gasteiger partial charge in [-0.25, -0.2) is 10.4 Å². The number of benzene rings is 2. The van der Waals surface area contributed by atoms with Crippen molar-refractivity contribution in [2.75, 3.05) is 12.4 Å². The summed E-state index contributed by atoms with van der Waals surface area (Å²) in [4.78, 5) is 32.9. The fraction of sp³-hybridized carbons (Fsp3) is 0.231. The van der Waals surface area contributed by atoms with Gasteiger partial charge in [-0.2, -0.15) is 5.10 Å². The largest absolute Gasteiger partial charge is 0.504 e. The molecule has 0 saturated heterocycles. The van der Waals surface area contributed by atoms with Crippen LogP contribution in [0.3, 0.4) is 0 Å². The van der Waals surface area contributed by atoms with Gasteiger partial charge in [-0.15, -0.1) is 11.3 Å². The van der Waals surface area contributed by atoms with E-state index in [2.05, 4.69) is 10.5 Å². The monoisotopic (exact) mass is 554 g/mol. The van der Waals surface area contributed by atoms with Gasteiger partial charge in [-0.3, -0.25) is 14.2 Å². The molecule has 4 aromatic rings. The van der Waals surface area contributed by atoms with Crippen molar-refractivity contribution in [2.45, 2.75) is 31.3 Å². The smallest absolute Gasteiger partial charge is 0.267 e. The van der Waals surface area contributed by atoms with Crippen molar-refractivity contribution in [3.63, 3.8) is 0 Å².